The smallest absolute Gasteiger partial charge is 0.317 e. The van der Waals surface area contributed by atoms with Crippen molar-refractivity contribution in [2.75, 3.05) is 6.54 Å². The second-order valence-corrected chi connectivity index (χ2v) is 5.92. The van der Waals surface area contributed by atoms with Crippen LogP contribution < -0.4 is 5.32 Å². The van der Waals surface area contributed by atoms with Crippen LogP contribution in [0.4, 0.5) is 4.79 Å². The molecule has 0 aliphatic carbocycles. The van der Waals surface area contributed by atoms with Crippen LogP contribution in [0.3, 0.4) is 0 Å². The number of aliphatic carboxylic acids is 1. The normalized spacial score (nSPS) is 21.3. The molecule has 1 heterocycles. The summed E-state index contributed by atoms with van der Waals surface area (Å²) in [5.41, 5.74) is 0. The van der Waals surface area contributed by atoms with Crippen LogP contribution >= 0.6 is 0 Å². The molecule has 1 fully saturated rings. The first-order valence-corrected chi connectivity index (χ1v) is 7.19. The molecule has 0 bridgehead atoms. The fraction of sp³-hybridized carbons (Fsp3) is 0.857. The highest BCUT2D eigenvalue weighted by molar-refractivity contribution is 5.76. The summed E-state index contributed by atoms with van der Waals surface area (Å²) in [7, 11) is 0. The Bertz CT molecular complexity index is 318. The maximum Gasteiger partial charge on any atom is 0.317 e. The number of carbonyl (C=O) groups is 2. The molecule has 1 rings (SSSR count). The average Bonchev–Trinajstić information content (AvgIpc) is 2.27. The molecular formula is C14H26N2O3. The van der Waals surface area contributed by atoms with Gasteiger partial charge in [0.1, 0.15) is 0 Å². The minimum absolute atomic E-state index is 0.0476. The van der Waals surface area contributed by atoms with Gasteiger partial charge in [-0.15, -0.1) is 0 Å². The van der Waals surface area contributed by atoms with Crippen molar-refractivity contribution in [3.05, 3.63) is 0 Å². The number of nitrogens with zero attached hydrogens (tertiary/aromatic N) is 1. The van der Waals surface area contributed by atoms with Gasteiger partial charge in [-0.2, -0.15) is 0 Å². The number of likely N-dealkylation sites (tertiary alicyclic amines) is 1. The molecule has 5 heteroatoms. The van der Waals surface area contributed by atoms with Crippen LogP contribution in [-0.4, -0.2) is 40.6 Å². The molecular weight excluding hydrogens is 244 g/mol. The Morgan fingerprint density at radius 3 is 2.58 bits per heavy atom. The standard InChI is InChI=1S/C14H26N2O3/c1-10(2)8-11(3)15-14(19)16-7-5-4-6-12(16)9-13(17)18/h10-12H,4-9H2,1-3H3,(H,15,19)(H,17,18). The second-order valence-electron chi connectivity index (χ2n) is 5.92. The van der Waals surface area contributed by atoms with Crippen LogP contribution in [0.1, 0.15) is 52.9 Å². The Morgan fingerprint density at radius 2 is 2.00 bits per heavy atom. The lowest BCUT2D eigenvalue weighted by Crippen LogP contribution is -2.51. The van der Waals surface area contributed by atoms with Crippen molar-refractivity contribution in [3.63, 3.8) is 0 Å². The molecule has 1 aliphatic heterocycles. The van der Waals surface area contributed by atoms with E-state index in [2.05, 4.69) is 19.2 Å². The van der Waals surface area contributed by atoms with Gasteiger partial charge in [0.25, 0.3) is 0 Å². The molecule has 1 saturated heterocycles. The van der Waals surface area contributed by atoms with Crippen molar-refractivity contribution >= 4 is 12.0 Å². The Labute approximate surface area is 115 Å². The van der Waals surface area contributed by atoms with E-state index in [9.17, 15) is 9.59 Å². The zero-order valence-electron chi connectivity index (χ0n) is 12.2. The number of carbonyl (C=O) groups excluding carboxylic acids is 1. The third-order valence-corrected chi connectivity index (χ3v) is 3.49. The molecule has 0 radical (unpaired) electrons. The zero-order chi connectivity index (χ0) is 14.4. The SMILES string of the molecule is CC(C)CC(C)NC(=O)N1CCCCC1CC(=O)O. The molecule has 0 aromatic rings. The van der Waals surface area contributed by atoms with Gasteiger partial charge in [-0.3, -0.25) is 4.79 Å². The Kier molecular flexibility index (Phi) is 6.12. The number of amides is 2. The number of urea groups is 1. The summed E-state index contributed by atoms with van der Waals surface area (Å²) in [5.74, 6) is -0.300. The van der Waals surface area contributed by atoms with Crippen molar-refractivity contribution in [2.45, 2.75) is 65.0 Å². The summed E-state index contributed by atoms with van der Waals surface area (Å²) in [6.45, 7) is 6.90. The molecule has 19 heavy (non-hydrogen) atoms. The molecule has 2 atom stereocenters. The zero-order valence-corrected chi connectivity index (χ0v) is 12.2. The van der Waals surface area contributed by atoms with Gasteiger partial charge in [0, 0.05) is 18.6 Å². The Hall–Kier alpha value is -1.26. The molecule has 2 N–H and O–H groups in total. The first-order chi connectivity index (χ1) is 8.90. The Morgan fingerprint density at radius 1 is 1.32 bits per heavy atom. The van der Waals surface area contributed by atoms with E-state index in [4.69, 9.17) is 5.11 Å². The van der Waals surface area contributed by atoms with Crippen molar-refractivity contribution < 1.29 is 14.7 Å². The van der Waals surface area contributed by atoms with E-state index < -0.39 is 5.97 Å². The van der Waals surface area contributed by atoms with E-state index in [-0.39, 0.29) is 24.5 Å². The summed E-state index contributed by atoms with van der Waals surface area (Å²) in [6.07, 6.45) is 3.73. The second kappa shape index (κ2) is 7.36. The largest absolute Gasteiger partial charge is 0.481 e. The predicted molar refractivity (Wildman–Crippen MR) is 74.0 cm³/mol. The minimum atomic E-state index is -0.833. The topological polar surface area (TPSA) is 69.6 Å². The van der Waals surface area contributed by atoms with Gasteiger partial charge in [-0.25, -0.2) is 4.79 Å². The predicted octanol–water partition coefficient (Wildman–Crippen LogP) is 2.46. The maximum atomic E-state index is 12.2. The van der Waals surface area contributed by atoms with Crippen LogP contribution in [0, 0.1) is 5.92 Å². The highest BCUT2D eigenvalue weighted by atomic mass is 16.4. The van der Waals surface area contributed by atoms with E-state index in [0.717, 1.165) is 25.7 Å². The van der Waals surface area contributed by atoms with Crippen LogP contribution in [0.25, 0.3) is 0 Å². The van der Waals surface area contributed by atoms with Crippen LogP contribution in [0.15, 0.2) is 0 Å². The fourth-order valence-corrected chi connectivity index (χ4v) is 2.74. The highest BCUT2D eigenvalue weighted by Gasteiger charge is 2.28. The van der Waals surface area contributed by atoms with Crippen molar-refractivity contribution in [2.24, 2.45) is 5.92 Å². The molecule has 0 saturated carbocycles. The fourth-order valence-electron chi connectivity index (χ4n) is 2.74. The summed E-state index contributed by atoms with van der Waals surface area (Å²) < 4.78 is 0. The van der Waals surface area contributed by atoms with Crippen LogP contribution in [-0.2, 0) is 4.79 Å². The maximum absolute atomic E-state index is 12.2. The van der Waals surface area contributed by atoms with Gasteiger partial charge in [0.15, 0.2) is 0 Å². The van der Waals surface area contributed by atoms with E-state index >= 15 is 0 Å². The minimum Gasteiger partial charge on any atom is -0.481 e. The van der Waals surface area contributed by atoms with Gasteiger partial charge in [-0.05, 0) is 38.5 Å². The molecule has 2 unspecified atom stereocenters. The number of nitrogens with one attached hydrogen (secondary N) is 1. The van der Waals surface area contributed by atoms with Crippen LogP contribution in [0.5, 0.6) is 0 Å². The molecule has 5 nitrogen and oxygen atoms in total. The van der Waals surface area contributed by atoms with Gasteiger partial charge in [0.05, 0.1) is 6.42 Å². The van der Waals surface area contributed by atoms with E-state index in [1.54, 1.807) is 4.90 Å². The number of piperidine rings is 1. The summed E-state index contributed by atoms with van der Waals surface area (Å²) in [5, 5.41) is 11.9. The van der Waals surface area contributed by atoms with Gasteiger partial charge < -0.3 is 15.3 Å². The number of rotatable bonds is 5. The number of hydrogen-bond donors (Lipinski definition) is 2. The van der Waals surface area contributed by atoms with Crippen molar-refractivity contribution in [1.29, 1.82) is 0 Å². The third kappa shape index (κ3) is 5.49. The molecule has 1 aliphatic rings. The van der Waals surface area contributed by atoms with Gasteiger partial charge in [-0.1, -0.05) is 13.8 Å². The average molecular weight is 270 g/mol. The van der Waals surface area contributed by atoms with Crippen molar-refractivity contribution in [1.82, 2.24) is 10.2 Å². The van der Waals surface area contributed by atoms with E-state index in [1.807, 2.05) is 6.92 Å². The number of carboxylic acid groups (broad SMARTS) is 1. The van der Waals surface area contributed by atoms with E-state index in [0.29, 0.717) is 12.5 Å². The monoisotopic (exact) mass is 270 g/mol. The molecule has 0 aromatic carbocycles. The molecule has 0 aromatic heterocycles. The van der Waals surface area contributed by atoms with Gasteiger partial charge >= 0.3 is 12.0 Å². The van der Waals surface area contributed by atoms with E-state index in [1.165, 1.54) is 0 Å². The lowest BCUT2D eigenvalue weighted by atomic mass is 9.99. The summed E-state index contributed by atoms with van der Waals surface area (Å²) in [6, 6.07) is -0.142. The molecule has 110 valence electrons. The summed E-state index contributed by atoms with van der Waals surface area (Å²) >= 11 is 0. The lowest BCUT2D eigenvalue weighted by Gasteiger charge is -2.35. The number of carboxylic acids is 1. The van der Waals surface area contributed by atoms with Gasteiger partial charge in [0.2, 0.25) is 0 Å². The molecule has 0 spiro atoms. The summed E-state index contributed by atoms with van der Waals surface area (Å²) in [4.78, 5) is 24.8. The first kappa shape index (κ1) is 15.8. The Balaban J connectivity index is 2.54. The quantitative estimate of drug-likeness (QED) is 0.806. The number of hydrogen-bond acceptors (Lipinski definition) is 2. The van der Waals surface area contributed by atoms with Crippen molar-refractivity contribution in [3.8, 4) is 0 Å². The third-order valence-electron chi connectivity index (χ3n) is 3.49. The molecule has 2 amide bonds. The first-order valence-electron chi connectivity index (χ1n) is 7.19. The lowest BCUT2D eigenvalue weighted by molar-refractivity contribution is -0.138. The highest BCUT2D eigenvalue weighted by Crippen LogP contribution is 2.20. The van der Waals surface area contributed by atoms with Crippen LogP contribution in [0.2, 0.25) is 0 Å².